The van der Waals surface area contributed by atoms with Crippen LogP contribution < -0.4 is 5.73 Å². The summed E-state index contributed by atoms with van der Waals surface area (Å²) in [6, 6.07) is 9.82. The molecule has 1 amide bonds. The van der Waals surface area contributed by atoms with Crippen LogP contribution in [0.1, 0.15) is 5.56 Å². The Morgan fingerprint density at radius 2 is 2.00 bits per heavy atom. The monoisotopic (exact) mass is 195 g/mol. The Morgan fingerprint density at radius 1 is 1.38 bits per heavy atom. The second-order valence-corrected chi connectivity index (χ2v) is 3.34. The summed E-state index contributed by atoms with van der Waals surface area (Å²) in [6.07, 6.45) is 0.680. The summed E-state index contributed by atoms with van der Waals surface area (Å²) >= 11 is 4.08. The number of amides is 1. The second kappa shape index (κ2) is 4.92. The summed E-state index contributed by atoms with van der Waals surface area (Å²) in [5.74, 6) is 0.0640. The molecular formula is C10H13NOS. The number of hydrogen-bond acceptors (Lipinski definition) is 2. The normalized spacial score (nSPS) is 12.4. The van der Waals surface area contributed by atoms with E-state index in [1.807, 2.05) is 30.3 Å². The van der Waals surface area contributed by atoms with Gasteiger partial charge in [0.05, 0.1) is 5.92 Å². The van der Waals surface area contributed by atoms with Crippen molar-refractivity contribution < 1.29 is 4.79 Å². The smallest absolute Gasteiger partial charge is 0.221 e. The summed E-state index contributed by atoms with van der Waals surface area (Å²) < 4.78 is 0. The van der Waals surface area contributed by atoms with Crippen molar-refractivity contribution in [3.05, 3.63) is 35.9 Å². The minimum Gasteiger partial charge on any atom is -0.369 e. The van der Waals surface area contributed by atoms with E-state index in [-0.39, 0.29) is 11.8 Å². The third kappa shape index (κ3) is 3.11. The summed E-state index contributed by atoms with van der Waals surface area (Å²) in [5.41, 5.74) is 6.33. The molecule has 0 aliphatic rings. The van der Waals surface area contributed by atoms with Crippen LogP contribution in [0.5, 0.6) is 0 Å². The Kier molecular flexibility index (Phi) is 3.83. The fourth-order valence-corrected chi connectivity index (χ4v) is 1.46. The molecule has 0 saturated carbocycles. The Hall–Kier alpha value is -0.960. The fourth-order valence-electron chi connectivity index (χ4n) is 1.15. The Labute approximate surface area is 83.5 Å². The van der Waals surface area contributed by atoms with E-state index in [4.69, 9.17) is 5.73 Å². The van der Waals surface area contributed by atoms with Gasteiger partial charge in [0.1, 0.15) is 0 Å². The zero-order valence-electron chi connectivity index (χ0n) is 7.31. The van der Waals surface area contributed by atoms with E-state index in [0.29, 0.717) is 12.2 Å². The van der Waals surface area contributed by atoms with Crippen LogP contribution >= 0.6 is 12.6 Å². The fraction of sp³-hybridized carbons (Fsp3) is 0.300. The van der Waals surface area contributed by atoms with Gasteiger partial charge in [0.2, 0.25) is 5.91 Å². The number of rotatable bonds is 4. The average molecular weight is 195 g/mol. The minimum absolute atomic E-state index is 0.161. The third-order valence-corrected chi connectivity index (χ3v) is 2.39. The SMILES string of the molecule is NC(=O)C(CS)Cc1ccccc1. The molecular weight excluding hydrogens is 182 g/mol. The molecule has 1 rings (SSSR count). The average Bonchev–Trinajstić information content (AvgIpc) is 2.15. The predicted octanol–water partition coefficient (Wildman–Crippen LogP) is 1.26. The molecule has 70 valence electrons. The van der Waals surface area contributed by atoms with Crippen molar-refractivity contribution in [3.63, 3.8) is 0 Å². The zero-order valence-corrected chi connectivity index (χ0v) is 8.21. The summed E-state index contributed by atoms with van der Waals surface area (Å²) in [5, 5.41) is 0. The maximum Gasteiger partial charge on any atom is 0.221 e. The molecule has 0 aliphatic carbocycles. The molecule has 13 heavy (non-hydrogen) atoms. The van der Waals surface area contributed by atoms with Crippen LogP contribution in [-0.2, 0) is 11.2 Å². The van der Waals surface area contributed by atoms with Gasteiger partial charge in [-0.1, -0.05) is 30.3 Å². The van der Waals surface area contributed by atoms with Crippen LogP contribution in [0, 0.1) is 5.92 Å². The molecule has 1 aromatic carbocycles. The molecule has 0 heterocycles. The Bertz CT molecular complexity index is 274. The van der Waals surface area contributed by atoms with Gasteiger partial charge in [-0.15, -0.1) is 0 Å². The van der Waals surface area contributed by atoms with Gasteiger partial charge in [-0.05, 0) is 12.0 Å². The van der Waals surface area contributed by atoms with Crippen molar-refractivity contribution >= 4 is 18.5 Å². The zero-order chi connectivity index (χ0) is 9.68. The van der Waals surface area contributed by atoms with Crippen molar-refractivity contribution in [3.8, 4) is 0 Å². The molecule has 3 heteroatoms. The van der Waals surface area contributed by atoms with Crippen LogP contribution in [0.15, 0.2) is 30.3 Å². The highest BCUT2D eigenvalue weighted by molar-refractivity contribution is 7.80. The van der Waals surface area contributed by atoms with Crippen LogP contribution in [0.2, 0.25) is 0 Å². The van der Waals surface area contributed by atoms with Crippen molar-refractivity contribution in [1.29, 1.82) is 0 Å². The number of hydrogen-bond donors (Lipinski definition) is 2. The molecule has 0 bridgehead atoms. The van der Waals surface area contributed by atoms with Crippen LogP contribution in [0.3, 0.4) is 0 Å². The minimum atomic E-state index is -0.279. The predicted molar refractivity (Wildman–Crippen MR) is 56.7 cm³/mol. The van der Waals surface area contributed by atoms with Gasteiger partial charge in [-0.25, -0.2) is 0 Å². The van der Waals surface area contributed by atoms with Gasteiger partial charge < -0.3 is 5.73 Å². The van der Waals surface area contributed by atoms with E-state index in [9.17, 15) is 4.79 Å². The van der Waals surface area contributed by atoms with Gasteiger partial charge in [0, 0.05) is 5.75 Å². The lowest BCUT2D eigenvalue weighted by molar-refractivity contribution is -0.121. The van der Waals surface area contributed by atoms with Gasteiger partial charge in [-0.2, -0.15) is 12.6 Å². The van der Waals surface area contributed by atoms with E-state index in [1.165, 1.54) is 0 Å². The molecule has 2 N–H and O–H groups in total. The lowest BCUT2D eigenvalue weighted by Gasteiger charge is -2.09. The molecule has 1 aromatic rings. The number of benzene rings is 1. The van der Waals surface area contributed by atoms with E-state index in [2.05, 4.69) is 12.6 Å². The molecule has 2 nitrogen and oxygen atoms in total. The molecule has 0 aliphatic heterocycles. The van der Waals surface area contributed by atoms with Crippen LogP contribution in [-0.4, -0.2) is 11.7 Å². The number of nitrogens with two attached hydrogens (primary N) is 1. The Balaban J connectivity index is 2.62. The number of carbonyl (C=O) groups is 1. The van der Waals surface area contributed by atoms with Crippen molar-refractivity contribution in [2.75, 3.05) is 5.75 Å². The highest BCUT2D eigenvalue weighted by atomic mass is 32.1. The van der Waals surface area contributed by atoms with E-state index < -0.39 is 0 Å². The summed E-state index contributed by atoms with van der Waals surface area (Å²) in [7, 11) is 0. The third-order valence-electron chi connectivity index (χ3n) is 1.95. The first-order valence-electron chi connectivity index (χ1n) is 4.18. The molecule has 0 spiro atoms. The molecule has 0 radical (unpaired) electrons. The topological polar surface area (TPSA) is 43.1 Å². The lowest BCUT2D eigenvalue weighted by atomic mass is 10.0. The van der Waals surface area contributed by atoms with Gasteiger partial charge in [0.15, 0.2) is 0 Å². The molecule has 1 unspecified atom stereocenters. The molecule has 0 fully saturated rings. The quantitative estimate of drug-likeness (QED) is 0.698. The van der Waals surface area contributed by atoms with Gasteiger partial charge in [0.25, 0.3) is 0 Å². The molecule has 0 saturated heterocycles. The second-order valence-electron chi connectivity index (χ2n) is 2.97. The number of thiol groups is 1. The maximum absolute atomic E-state index is 10.9. The first kappa shape index (κ1) is 10.1. The van der Waals surface area contributed by atoms with Crippen LogP contribution in [0.4, 0.5) is 0 Å². The van der Waals surface area contributed by atoms with Crippen molar-refractivity contribution in [2.24, 2.45) is 11.7 Å². The first-order valence-corrected chi connectivity index (χ1v) is 4.81. The molecule has 0 aromatic heterocycles. The number of primary amides is 1. The maximum atomic E-state index is 10.9. The summed E-state index contributed by atoms with van der Waals surface area (Å²) in [6.45, 7) is 0. The van der Waals surface area contributed by atoms with E-state index >= 15 is 0 Å². The van der Waals surface area contributed by atoms with Gasteiger partial charge in [-0.3, -0.25) is 4.79 Å². The van der Waals surface area contributed by atoms with Gasteiger partial charge >= 0.3 is 0 Å². The highest BCUT2D eigenvalue weighted by Crippen LogP contribution is 2.09. The Morgan fingerprint density at radius 3 is 2.46 bits per heavy atom. The number of carbonyl (C=O) groups excluding carboxylic acids is 1. The van der Waals surface area contributed by atoms with E-state index in [0.717, 1.165) is 5.56 Å². The largest absolute Gasteiger partial charge is 0.369 e. The highest BCUT2D eigenvalue weighted by Gasteiger charge is 2.13. The van der Waals surface area contributed by atoms with Crippen molar-refractivity contribution in [1.82, 2.24) is 0 Å². The lowest BCUT2D eigenvalue weighted by Crippen LogP contribution is -2.26. The van der Waals surface area contributed by atoms with Crippen LogP contribution in [0.25, 0.3) is 0 Å². The standard InChI is InChI=1S/C10H13NOS/c11-10(12)9(7-13)6-8-4-2-1-3-5-8/h1-5,9,13H,6-7H2,(H2,11,12). The summed E-state index contributed by atoms with van der Waals surface area (Å²) in [4.78, 5) is 10.9. The van der Waals surface area contributed by atoms with E-state index in [1.54, 1.807) is 0 Å². The molecule has 1 atom stereocenters. The first-order chi connectivity index (χ1) is 6.24. The van der Waals surface area contributed by atoms with Crippen molar-refractivity contribution in [2.45, 2.75) is 6.42 Å².